The van der Waals surface area contributed by atoms with Crippen LogP contribution in [0.4, 0.5) is 16.2 Å². The molecule has 0 bridgehead atoms. The molecule has 1 saturated carbocycles. The summed E-state index contributed by atoms with van der Waals surface area (Å²) in [6, 6.07) is 16.1. The summed E-state index contributed by atoms with van der Waals surface area (Å²) in [5.41, 5.74) is 2.09. The standard InChI is InChI=1S/C25H28N4O3/c30-23(27-19-10-12-20(13-11-19)28-15-14-26-25(28)32)22-16-18-8-4-5-9-21(18)29(22)24(31)17-6-2-1-3-7-17/h1-3,6-7,10-13,18,21-22H,4-5,8-9,14-16H2,(H,26,32)(H,27,30). The van der Waals surface area contributed by atoms with Gasteiger partial charge in [0.2, 0.25) is 5.91 Å². The van der Waals surface area contributed by atoms with Crippen molar-refractivity contribution in [3.05, 3.63) is 60.2 Å². The number of hydrogen-bond donors (Lipinski definition) is 2. The maximum Gasteiger partial charge on any atom is 0.321 e. The quantitative estimate of drug-likeness (QED) is 0.774. The van der Waals surface area contributed by atoms with E-state index in [1.54, 1.807) is 4.90 Å². The van der Waals surface area contributed by atoms with E-state index in [2.05, 4.69) is 10.6 Å². The van der Waals surface area contributed by atoms with Gasteiger partial charge in [0.15, 0.2) is 0 Å². The average Bonchev–Trinajstić information content (AvgIpc) is 3.43. The molecule has 2 N–H and O–H groups in total. The minimum absolute atomic E-state index is 0.0597. The monoisotopic (exact) mass is 432 g/mol. The highest BCUT2D eigenvalue weighted by Gasteiger charge is 2.47. The fraction of sp³-hybridized carbons (Fsp3) is 0.400. The molecule has 2 aromatic rings. The van der Waals surface area contributed by atoms with E-state index in [-0.39, 0.29) is 23.9 Å². The molecule has 0 aromatic heterocycles. The van der Waals surface area contributed by atoms with Gasteiger partial charge in [-0.15, -0.1) is 0 Å². The van der Waals surface area contributed by atoms with Crippen LogP contribution in [0.2, 0.25) is 0 Å². The zero-order chi connectivity index (χ0) is 22.1. The first kappa shape index (κ1) is 20.5. The number of urea groups is 1. The second-order valence-electron chi connectivity index (χ2n) is 8.86. The van der Waals surface area contributed by atoms with Crippen LogP contribution in [0.3, 0.4) is 0 Å². The van der Waals surface area contributed by atoms with E-state index in [9.17, 15) is 14.4 Å². The number of hydrogen-bond acceptors (Lipinski definition) is 3. The second-order valence-corrected chi connectivity index (χ2v) is 8.86. The van der Waals surface area contributed by atoms with Gasteiger partial charge >= 0.3 is 6.03 Å². The first-order chi connectivity index (χ1) is 15.6. The van der Waals surface area contributed by atoms with Crippen molar-refractivity contribution < 1.29 is 14.4 Å². The van der Waals surface area contributed by atoms with Gasteiger partial charge in [0.1, 0.15) is 6.04 Å². The third-order valence-electron chi connectivity index (χ3n) is 6.95. The second kappa shape index (κ2) is 8.65. The molecule has 166 valence electrons. The summed E-state index contributed by atoms with van der Waals surface area (Å²) < 4.78 is 0. The lowest BCUT2D eigenvalue weighted by Gasteiger charge is -2.33. The van der Waals surface area contributed by atoms with Crippen molar-refractivity contribution in [1.82, 2.24) is 10.2 Å². The normalized spacial score (nSPS) is 24.8. The van der Waals surface area contributed by atoms with E-state index in [1.165, 1.54) is 0 Å². The van der Waals surface area contributed by atoms with Crippen LogP contribution in [0.1, 0.15) is 42.5 Å². The van der Waals surface area contributed by atoms with Gasteiger partial charge in [-0.3, -0.25) is 14.5 Å². The molecular weight excluding hydrogens is 404 g/mol. The van der Waals surface area contributed by atoms with Gasteiger partial charge in [-0.25, -0.2) is 4.79 Å². The highest BCUT2D eigenvalue weighted by molar-refractivity contribution is 6.02. The fourth-order valence-electron chi connectivity index (χ4n) is 5.38. The number of fused-ring (bicyclic) bond motifs is 1. The van der Waals surface area contributed by atoms with Crippen molar-refractivity contribution in [2.75, 3.05) is 23.3 Å². The van der Waals surface area contributed by atoms with Crippen LogP contribution < -0.4 is 15.5 Å². The molecule has 2 aliphatic heterocycles. The van der Waals surface area contributed by atoms with Crippen molar-refractivity contribution in [3.63, 3.8) is 0 Å². The molecule has 2 heterocycles. The van der Waals surface area contributed by atoms with Crippen LogP contribution in [-0.2, 0) is 4.79 Å². The Morgan fingerprint density at radius 1 is 0.969 bits per heavy atom. The maximum absolute atomic E-state index is 13.4. The Morgan fingerprint density at radius 3 is 2.44 bits per heavy atom. The first-order valence-electron chi connectivity index (χ1n) is 11.5. The average molecular weight is 433 g/mol. The smallest absolute Gasteiger partial charge is 0.321 e. The Labute approximate surface area is 187 Å². The first-order valence-corrected chi connectivity index (χ1v) is 11.5. The predicted molar refractivity (Wildman–Crippen MR) is 123 cm³/mol. The molecule has 7 nitrogen and oxygen atoms in total. The molecule has 3 fully saturated rings. The van der Waals surface area contributed by atoms with E-state index < -0.39 is 6.04 Å². The van der Waals surface area contributed by atoms with Gasteiger partial charge in [-0.2, -0.15) is 0 Å². The van der Waals surface area contributed by atoms with E-state index in [1.807, 2.05) is 59.5 Å². The maximum atomic E-state index is 13.4. The Bertz CT molecular complexity index is 1010. The number of benzene rings is 2. The van der Waals surface area contributed by atoms with Crippen molar-refractivity contribution in [2.24, 2.45) is 5.92 Å². The highest BCUT2D eigenvalue weighted by Crippen LogP contribution is 2.41. The van der Waals surface area contributed by atoms with E-state index >= 15 is 0 Å². The third kappa shape index (κ3) is 3.83. The number of nitrogens with zero attached hydrogens (tertiary/aromatic N) is 2. The molecule has 4 amide bonds. The van der Waals surface area contributed by atoms with Gasteiger partial charge in [0.25, 0.3) is 5.91 Å². The summed E-state index contributed by atoms with van der Waals surface area (Å²) in [5.74, 6) is 0.175. The van der Waals surface area contributed by atoms with E-state index in [0.717, 1.165) is 31.4 Å². The van der Waals surface area contributed by atoms with Crippen LogP contribution in [-0.4, -0.2) is 47.9 Å². The summed E-state index contributed by atoms with van der Waals surface area (Å²) in [7, 11) is 0. The zero-order valence-corrected chi connectivity index (χ0v) is 18.0. The van der Waals surface area contributed by atoms with E-state index in [0.29, 0.717) is 36.7 Å². The number of amides is 4. The lowest BCUT2D eigenvalue weighted by atomic mass is 9.84. The Kier molecular flexibility index (Phi) is 5.55. The van der Waals surface area contributed by atoms with Crippen LogP contribution in [0.15, 0.2) is 54.6 Å². The van der Waals surface area contributed by atoms with Crippen molar-refractivity contribution in [2.45, 2.75) is 44.2 Å². The molecule has 1 aliphatic carbocycles. The van der Waals surface area contributed by atoms with Crippen molar-refractivity contribution in [3.8, 4) is 0 Å². The third-order valence-corrected chi connectivity index (χ3v) is 6.95. The van der Waals surface area contributed by atoms with E-state index in [4.69, 9.17) is 0 Å². The molecule has 2 aromatic carbocycles. The Hall–Kier alpha value is -3.35. The van der Waals surface area contributed by atoms with Crippen LogP contribution in [0.25, 0.3) is 0 Å². The minimum Gasteiger partial charge on any atom is -0.336 e. The lowest BCUT2D eigenvalue weighted by Crippen LogP contribution is -2.47. The lowest BCUT2D eigenvalue weighted by molar-refractivity contribution is -0.120. The zero-order valence-electron chi connectivity index (χ0n) is 18.0. The molecule has 3 atom stereocenters. The predicted octanol–water partition coefficient (Wildman–Crippen LogP) is 3.63. The van der Waals surface area contributed by atoms with Gasteiger partial charge in [-0.05, 0) is 61.6 Å². The molecular formula is C25H28N4O3. The summed E-state index contributed by atoms with van der Waals surface area (Å²) in [6.07, 6.45) is 4.99. The molecule has 7 heteroatoms. The summed E-state index contributed by atoms with van der Waals surface area (Å²) in [5, 5.41) is 5.79. The van der Waals surface area contributed by atoms with Gasteiger partial charge < -0.3 is 15.5 Å². The van der Waals surface area contributed by atoms with Gasteiger partial charge in [0.05, 0.1) is 0 Å². The number of likely N-dealkylation sites (tertiary alicyclic amines) is 1. The number of carbonyl (C=O) groups is 3. The van der Waals surface area contributed by atoms with Crippen LogP contribution >= 0.6 is 0 Å². The summed E-state index contributed by atoms with van der Waals surface area (Å²) in [4.78, 5) is 42.1. The molecule has 32 heavy (non-hydrogen) atoms. The minimum atomic E-state index is -0.472. The van der Waals surface area contributed by atoms with Crippen molar-refractivity contribution >= 4 is 29.2 Å². The molecule has 5 rings (SSSR count). The summed E-state index contributed by atoms with van der Waals surface area (Å²) >= 11 is 0. The highest BCUT2D eigenvalue weighted by atomic mass is 16.2. The number of carbonyl (C=O) groups excluding carboxylic acids is 3. The SMILES string of the molecule is O=C(Nc1ccc(N2CCNC2=O)cc1)C1CC2CCCCC2N1C(=O)c1ccccc1. The molecule has 2 saturated heterocycles. The number of rotatable bonds is 4. The molecule has 3 aliphatic rings. The number of nitrogens with one attached hydrogen (secondary N) is 2. The van der Waals surface area contributed by atoms with Crippen LogP contribution in [0.5, 0.6) is 0 Å². The fourth-order valence-corrected chi connectivity index (χ4v) is 5.38. The van der Waals surface area contributed by atoms with Gasteiger partial charge in [0, 0.05) is 36.1 Å². The molecule has 3 unspecified atom stereocenters. The Morgan fingerprint density at radius 2 is 1.72 bits per heavy atom. The van der Waals surface area contributed by atoms with Crippen molar-refractivity contribution in [1.29, 1.82) is 0 Å². The number of anilines is 2. The molecule has 0 spiro atoms. The van der Waals surface area contributed by atoms with Gasteiger partial charge in [-0.1, -0.05) is 31.0 Å². The summed E-state index contributed by atoms with van der Waals surface area (Å²) in [6.45, 7) is 1.26. The van der Waals surface area contributed by atoms with Crippen LogP contribution in [0, 0.1) is 5.92 Å². The largest absolute Gasteiger partial charge is 0.336 e. The molecule has 0 radical (unpaired) electrons. The Balaban J connectivity index is 1.34. The topological polar surface area (TPSA) is 81.8 Å².